The number of methoxy groups -OCH3 is 1. The lowest BCUT2D eigenvalue weighted by molar-refractivity contribution is -0.145. The van der Waals surface area contributed by atoms with Crippen LogP contribution in [0.4, 0.5) is 0 Å². The fourth-order valence-electron chi connectivity index (χ4n) is 4.64. The standard InChI is InChI=1S/C30H34N2O6S/c1-37-30(34)28(20-23-12-14-26(15-13-23)38-22-25-8-4-2-5-9-25)31-29(33)21-24-16-18-32(19-17-24)39(35,36)27-10-6-3-7-11-27/h2-15,24,28H,16-22H2,1H3,(H,31,33)/t28-/m0/s1. The van der Waals surface area contributed by atoms with Gasteiger partial charge in [-0.05, 0) is 54.2 Å². The number of ether oxygens (including phenoxy) is 2. The number of hydrogen-bond acceptors (Lipinski definition) is 6. The lowest BCUT2D eigenvalue weighted by Gasteiger charge is -2.31. The van der Waals surface area contributed by atoms with E-state index >= 15 is 0 Å². The van der Waals surface area contributed by atoms with Crippen LogP contribution in [0, 0.1) is 5.92 Å². The lowest BCUT2D eigenvalue weighted by Crippen LogP contribution is -2.44. The number of amides is 1. The van der Waals surface area contributed by atoms with Gasteiger partial charge in [0.05, 0.1) is 12.0 Å². The fraction of sp³-hybridized carbons (Fsp3) is 0.333. The van der Waals surface area contributed by atoms with Gasteiger partial charge in [0.2, 0.25) is 15.9 Å². The van der Waals surface area contributed by atoms with E-state index in [-0.39, 0.29) is 29.6 Å². The van der Waals surface area contributed by atoms with Crippen LogP contribution < -0.4 is 10.1 Å². The smallest absolute Gasteiger partial charge is 0.328 e. The summed E-state index contributed by atoms with van der Waals surface area (Å²) in [6.07, 6.45) is 1.66. The number of rotatable bonds is 11. The first-order valence-corrected chi connectivity index (χ1v) is 14.5. The number of nitrogens with zero attached hydrogens (tertiary/aromatic N) is 1. The van der Waals surface area contributed by atoms with E-state index in [0.29, 0.717) is 38.3 Å². The van der Waals surface area contributed by atoms with Crippen LogP contribution in [0.5, 0.6) is 5.75 Å². The molecule has 3 aromatic rings. The Hall–Kier alpha value is -3.69. The van der Waals surface area contributed by atoms with E-state index in [1.54, 1.807) is 30.3 Å². The molecular formula is C30H34N2O6S. The zero-order valence-electron chi connectivity index (χ0n) is 22.0. The second-order valence-electron chi connectivity index (χ2n) is 9.63. The van der Waals surface area contributed by atoms with Crippen molar-refractivity contribution in [1.82, 2.24) is 9.62 Å². The molecule has 1 N–H and O–H groups in total. The lowest BCUT2D eigenvalue weighted by atomic mass is 9.94. The van der Waals surface area contributed by atoms with Crippen LogP contribution in [0.1, 0.15) is 30.4 Å². The summed E-state index contributed by atoms with van der Waals surface area (Å²) in [7, 11) is -2.24. The molecule has 0 saturated carbocycles. The molecule has 0 spiro atoms. The van der Waals surface area contributed by atoms with E-state index in [4.69, 9.17) is 9.47 Å². The highest BCUT2D eigenvalue weighted by atomic mass is 32.2. The van der Waals surface area contributed by atoms with Crippen LogP contribution in [-0.2, 0) is 37.4 Å². The maximum absolute atomic E-state index is 12.9. The number of sulfonamides is 1. The van der Waals surface area contributed by atoms with E-state index < -0.39 is 22.0 Å². The van der Waals surface area contributed by atoms with Gasteiger partial charge in [0, 0.05) is 25.9 Å². The molecule has 9 heteroatoms. The molecule has 206 valence electrons. The van der Waals surface area contributed by atoms with Crippen LogP contribution >= 0.6 is 0 Å². The van der Waals surface area contributed by atoms with Crippen molar-refractivity contribution in [3.05, 3.63) is 96.1 Å². The Morgan fingerprint density at radius 1 is 0.897 bits per heavy atom. The molecule has 4 rings (SSSR count). The van der Waals surface area contributed by atoms with Crippen molar-refractivity contribution in [3.63, 3.8) is 0 Å². The highest BCUT2D eigenvalue weighted by Crippen LogP contribution is 2.26. The van der Waals surface area contributed by atoms with Crippen LogP contribution in [0.25, 0.3) is 0 Å². The van der Waals surface area contributed by atoms with E-state index in [0.717, 1.165) is 11.1 Å². The number of carbonyl (C=O) groups excluding carboxylic acids is 2. The summed E-state index contributed by atoms with van der Waals surface area (Å²) in [6, 6.07) is 24.8. The molecule has 1 aliphatic heterocycles. The molecule has 0 radical (unpaired) electrons. The molecule has 0 aliphatic carbocycles. The quantitative estimate of drug-likeness (QED) is 0.363. The van der Waals surface area contributed by atoms with Crippen LogP contribution in [0.2, 0.25) is 0 Å². The van der Waals surface area contributed by atoms with Crippen LogP contribution in [-0.4, -0.2) is 50.8 Å². The second-order valence-corrected chi connectivity index (χ2v) is 11.6. The molecule has 0 bridgehead atoms. The largest absolute Gasteiger partial charge is 0.489 e. The molecule has 1 amide bonds. The molecule has 0 aromatic heterocycles. The highest BCUT2D eigenvalue weighted by molar-refractivity contribution is 7.89. The van der Waals surface area contributed by atoms with Gasteiger partial charge in [-0.1, -0.05) is 60.7 Å². The molecule has 1 heterocycles. The Labute approximate surface area is 230 Å². The number of esters is 1. The van der Waals surface area contributed by atoms with E-state index in [9.17, 15) is 18.0 Å². The Morgan fingerprint density at radius 3 is 2.13 bits per heavy atom. The SMILES string of the molecule is COC(=O)[C@H](Cc1ccc(OCc2ccccc2)cc1)NC(=O)CC1CCN(S(=O)(=O)c2ccccc2)CC1. The summed E-state index contributed by atoms with van der Waals surface area (Å²) >= 11 is 0. The number of piperidine rings is 1. The van der Waals surface area contributed by atoms with Crippen molar-refractivity contribution >= 4 is 21.9 Å². The molecule has 0 unspecified atom stereocenters. The van der Waals surface area contributed by atoms with Gasteiger partial charge >= 0.3 is 5.97 Å². The van der Waals surface area contributed by atoms with Gasteiger partial charge in [-0.2, -0.15) is 4.31 Å². The van der Waals surface area contributed by atoms with Gasteiger partial charge in [-0.15, -0.1) is 0 Å². The van der Waals surface area contributed by atoms with E-state index in [1.807, 2.05) is 54.6 Å². The minimum atomic E-state index is -3.54. The van der Waals surface area contributed by atoms with Crippen molar-refractivity contribution in [2.45, 2.75) is 43.2 Å². The van der Waals surface area contributed by atoms with Gasteiger partial charge in [0.25, 0.3) is 0 Å². The van der Waals surface area contributed by atoms with Crippen LogP contribution in [0.3, 0.4) is 0 Å². The number of nitrogens with one attached hydrogen (secondary N) is 1. The average molecular weight is 551 g/mol. The predicted molar refractivity (Wildman–Crippen MR) is 147 cm³/mol. The molecular weight excluding hydrogens is 516 g/mol. The Bertz CT molecular complexity index is 1320. The van der Waals surface area contributed by atoms with Gasteiger partial charge in [-0.3, -0.25) is 4.79 Å². The zero-order chi connectivity index (χ0) is 27.7. The summed E-state index contributed by atoms with van der Waals surface area (Å²) in [6.45, 7) is 1.17. The Morgan fingerprint density at radius 2 is 1.51 bits per heavy atom. The van der Waals surface area contributed by atoms with Gasteiger partial charge in [0.1, 0.15) is 18.4 Å². The third kappa shape index (κ3) is 7.91. The van der Waals surface area contributed by atoms with E-state index in [1.165, 1.54) is 11.4 Å². The monoisotopic (exact) mass is 550 g/mol. The van der Waals surface area contributed by atoms with E-state index in [2.05, 4.69) is 5.32 Å². The third-order valence-electron chi connectivity index (χ3n) is 6.86. The molecule has 1 saturated heterocycles. The first-order valence-electron chi connectivity index (χ1n) is 13.0. The van der Waals surface area contributed by atoms with Gasteiger partial charge < -0.3 is 14.8 Å². The number of hydrogen-bond donors (Lipinski definition) is 1. The van der Waals surface area contributed by atoms with Crippen molar-refractivity contribution in [1.29, 1.82) is 0 Å². The summed E-state index contributed by atoms with van der Waals surface area (Å²) in [4.78, 5) is 25.5. The maximum atomic E-state index is 12.9. The summed E-state index contributed by atoms with van der Waals surface area (Å²) < 4.78 is 37.9. The minimum Gasteiger partial charge on any atom is -0.489 e. The Kier molecular flexibility index (Phi) is 9.73. The topological polar surface area (TPSA) is 102 Å². The number of benzene rings is 3. The van der Waals surface area contributed by atoms with Crippen LogP contribution in [0.15, 0.2) is 89.8 Å². The van der Waals surface area contributed by atoms with Crippen molar-refractivity contribution < 1.29 is 27.5 Å². The predicted octanol–water partition coefficient (Wildman–Crippen LogP) is 3.96. The molecule has 1 aliphatic rings. The molecule has 3 aromatic carbocycles. The Balaban J connectivity index is 1.27. The molecule has 8 nitrogen and oxygen atoms in total. The highest BCUT2D eigenvalue weighted by Gasteiger charge is 2.31. The molecule has 1 atom stereocenters. The fourth-order valence-corrected chi connectivity index (χ4v) is 6.14. The van der Waals surface area contributed by atoms with Crippen molar-refractivity contribution in [2.75, 3.05) is 20.2 Å². The van der Waals surface area contributed by atoms with Gasteiger partial charge in [0.15, 0.2) is 0 Å². The van der Waals surface area contributed by atoms with Crippen molar-refractivity contribution in [2.24, 2.45) is 5.92 Å². The number of carbonyl (C=O) groups is 2. The summed E-state index contributed by atoms with van der Waals surface area (Å²) in [5.41, 5.74) is 1.93. The summed E-state index contributed by atoms with van der Waals surface area (Å²) in [5, 5.41) is 2.82. The first-order chi connectivity index (χ1) is 18.8. The second kappa shape index (κ2) is 13.4. The minimum absolute atomic E-state index is 0.0339. The van der Waals surface area contributed by atoms with Crippen molar-refractivity contribution in [3.8, 4) is 5.75 Å². The third-order valence-corrected chi connectivity index (χ3v) is 8.77. The zero-order valence-corrected chi connectivity index (χ0v) is 22.8. The summed E-state index contributed by atoms with van der Waals surface area (Å²) in [5.74, 6) is -0.0254. The molecule has 39 heavy (non-hydrogen) atoms. The maximum Gasteiger partial charge on any atom is 0.328 e. The molecule has 1 fully saturated rings. The van der Waals surface area contributed by atoms with Gasteiger partial charge in [-0.25, -0.2) is 13.2 Å². The average Bonchev–Trinajstić information content (AvgIpc) is 2.97. The normalized spacial score (nSPS) is 15.3. The first kappa shape index (κ1) is 28.3.